The first-order valence-corrected chi connectivity index (χ1v) is 5.94. The lowest BCUT2D eigenvalue weighted by Gasteiger charge is -2.21. The Balaban J connectivity index is 3.21. The normalized spacial score (nSPS) is 10.2. The summed E-state index contributed by atoms with van der Waals surface area (Å²) >= 11 is 3.23. The van der Waals surface area contributed by atoms with Crippen molar-refractivity contribution in [1.29, 1.82) is 0 Å². The first kappa shape index (κ1) is 14.4. The number of anilines is 1. The first-order chi connectivity index (χ1) is 8.38. The Bertz CT molecular complexity index is 492. The average Bonchev–Trinajstić information content (AvgIpc) is 2.29. The summed E-state index contributed by atoms with van der Waals surface area (Å²) < 4.78 is 0.444. The Kier molecular flexibility index (Phi) is 4.60. The number of rotatable bonds is 5. The number of hydrogen-bond acceptors (Lipinski definition) is 5. The molecule has 1 heterocycles. The number of pyridine rings is 1. The number of nitro groups is 1. The maximum atomic E-state index is 10.7. The number of halogens is 1. The predicted molar refractivity (Wildman–Crippen MR) is 68.9 cm³/mol. The number of likely N-dealkylation sites (N-methyl/N-ethyl adjacent to an activating group) is 1. The van der Waals surface area contributed by atoms with E-state index in [0.29, 0.717) is 22.4 Å². The summed E-state index contributed by atoms with van der Waals surface area (Å²) in [6.07, 6.45) is 1.14. The van der Waals surface area contributed by atoms with E-state index < -0.39 is 10.9 Å². The highest BCUT2D eigenvalue weighted by Gasteiger charge is 2.21. The predicted octanol–water partition coefficient (Wildman–Crippen LogP) is 1.97. The monoisotopic (exact) mass is 317 g/mol. The van der Waals surface area contributed by atoms with Crippen molar-refractivity contribution in [3.63, 3.8) is 0 Å². The Morgan fingerprint density at radius 1 is 1.67 bits per heavy atom. The fourth-order valence-corrected chi connectivity index (χ4v) is 2.02. The molecule has 1 N–H and O–H groups in total. The first-order valence-electron chi connectivity index (χ1n) is 5.14. The van der Waals surface area contributed by atoms with Crippen LogP contribution in [0.4, 0.5) is 11.5 Å². The zero-order valence-corrected chi connectivity index (χ0v) is 11.5. The molecule has 0 saturated heterocycles. The van der Waals surface area contributed by atoms with Crippen molar-refractivity contribution in [3.05, 3.63) is 26.3 Å². The minimum atomic E-state index is -0.985. The molecule has 0 fully saturated rings. The van der Waals surface area contributed by atoms with E-state index in [9.17, 15) is 14.9 Å². The van der Waals surface area contributed by atoms with E-state index in [4.69, 9.17) is 5.11 Å². The Morgan fingerprint density at radius 3 is 2.72 bits per heavy atom. The zero-order valence-electron chi connectivity index (χ0n) is 9.88. The van der Waals surface area contributed by atoms with Gasteiger partial charge in [0.1, 0.15) is 18.6 Å². The zero-order chi connectivity index (χ0) is 13.9. The Labute approximate surface area is 112 Å². The van der Waals surface area contributed by atoms with Gasteiger partial charge in [0.15, 0.2) is 0 Å². The molecular weight excluding hydrogens is 306 g/mol. The van der Waals surface area contributed by atoms with Crippen LogP contribution in [0.5, 0.6) is 0 Å². The molecule has 18 heavy (non-hydrogen) atoms. The van der Waals surface area contributed by atoms with Crippen molar-refractivity contribution < 1.29 is 14.8 Å². The van der Waals surface area contributed by atoms with Crippen LogP contribution in [-0.4, -0.2) is 34.1 Å². The van der Waals surface area contributed by atoms with E-state index in [0.717, 1.165) is 6.20 Å². The van der Waals surface area contributed by atoms with Gasteiger partial charge < -0.3 is 10.0 Å². The Morgan fingerprint density at radius 2 is 2.28 bits per heavy atom. The van der Waals surface area contributed by atoms with Gasteiger partial charge in [0.2, 0.25) is 0 Å². The molecule has 0 saturated carbocycles. The number of nitrogens with zero attached hydrogens (tertiary/aromatic N) is 3. The third kappa shape index (κ3) is 2.95. The van der Waals surface area contributed by atoms with Crippen molar-refractivity contribution in [2.24, 2.45) is 0 Å². The summed E-state index contributed by atoms with van der Waals surface area (Å²) in [5.41, 5.74) is 0.325. The molecule has 0 radical (unpaired) electrons. The standard InChI is InChI=1S/C10H12BrN3O4/c1-3-13(5-8(15)16)10-9(11)6(2)7(4-12-10)14(17)18/h4H,3,5H2,1-2H3,(H,15,16). The van der Waals surface area contributed by atoms with E-state index >= 15 is 0 Å². The highest BCUT2D eigenvalue weighted by atomic mass is 79.9. The number of carboxylic acids is 1. The minimum Gasteiger partial charge on any atom is -0.480 e. The Hall–Kier alpha value is -1.70. The smallest absolute Gasteiger partial charge is 0.323 e. The van der Waals surface area contributed by atoms with Gasteiger partial charge in [0.05, 0.1) is 9.40 Å². The van der Waals surface area contributed by atoms with Crippen molar-refractivity contribution in [3.8, 4) is 0 Å². The molecule has 0 spiro atoms. The lowest BCUT2D eigenvalue weighted by atomic mass is 10.2. The molecular formula is C10H12BrN3O4. The van der Waals surface area contributed by atoms with E-state index in [1.165, 1.54) is 4.90 Å². The van der Waals surface area contributed by atoms with E-state index in [1.54, 1.807) is 13.8 Å². The summed E-state index contributed by atoms with van der Waals surface area (Å²) in [5, 5.41) is 19.5. The van der Waals surface area contributed by atoms with Crippen LogP contribution in [0, 0.1) is 17.0 Å². The number of aliphatic carboxylic acids is 1. The van der Waals surface area contributed by atoms with Gasteiger partial charge in [-0.2, -0.15) is 0 Å². The van der Waals surface area contributed by atoms with Gasteiger partial charge in [-0.25, -0.2) is 4.98 Å². The van der Waals surface area contributed by atoms with Crippen LogP contribution < -0.4 is 4.90 Å². The molecule has 7 nitrogen and oxygen atoms in total. The summed E-state index contributed by atoms with van der Waals surface area (Å²) in [6, 6.07) is 0. The summed E-state index contributed by atoms with van der Waals surface area (Å²) in [4.78, 5) is 26.4. The number of hydrogen-bond donors (Lipinski definition) is 1. The molecule has 0 aliphatic rings. The third-order valence-corrected chi connectivity index (χ3v) is 3.37. The summed E-state index contributed by atoms with van der Waals surface area (Å²) in [5.74, 6) is -0.593. The van der Waals surface area contributed by atoms with Crippen LogP contribution >= 0.6 is 15.9 Å². The van der Waals surface area contributed by atoms with Gasteiger partial charge in [-0.3, -0.25) is 14.9 Å². The summed E-state index contributed by atoms with van der Waals surface area (Å²) in [7, 11) is 0. The molecule has 0 aromatic carbocycles. The minimum absolute atomic E-state index is 0.1000. The lowest BCUT2D eigenvalue weighted by Crippen LogP contribution is -2.30. The fourth-order valence-electron chi connectivity index (χ4n) is 1.46. The van der Waals surface area contributed by atoms with Gasteiger partial charge >= 0.3 is 5.97 Å². The van der Waals surface area contributed by atoms with E-state index in [1.807, 2.05) is 0 Å². The maximum Gasteiger partial charge on any atom is 0.323 e. The molecule has 0 atom stereocenters. The van der Waals surface area contributed by atoms with Crippen LogP contribution in [0.2, 0.25) is 0 Å². The fraction of sp³-hybridized carbons (Fsp3) is 0.400. The van der Waals surface area contributed by atoms with Crippen molar-refractivity contribution in [1.82, 2.24) is 4.98 Å². The van der Waals surface area contributed by atoms with Gasteiger partial charge in [0, 0.05) is 12.1 Å². The molecule has 1 aromatic heterocycles. The van der Waals surface area contributed by atoms with Crippen LogP contribution in [0.3, 0.4) is 0 Å². The van der Waals surface area contributed by atoms with Gasteiger partial charge in [-0.15, -0.1) is 0 Å². The molecule has 0 aliphatic heterocycles. The van der Waals surface area contributed by atoms with Crippen LogP contribution in [0.15, 0.2) is 10.7 Å². The molecule has 0 amide bonds. The molecule has 8 heteroatoms. The molecule has 1 aromatic rings. The quantitative estimate of drug-likeness (QED) is 0.658. The van der Waals surface area contributed by atoms with Crippen LogP contribution in [-0.2, 0) is 4.79 Å². The number of carbonyl (C=O) groups is 1. The van der Waals surface area contributed by atoms with Gasteiger partial charge in [-0.1, -0.05) is 0 Å². The number of carboxylic acid groups (broad SMARTS) is 1. The van der Waals surface area contributed by atoms with Crippen molar-refractivity contribution in [2.75, 3.05) is 18.0 Å². The van der Waals surface area contributed by atoms with Crippen molar-refractivity contribution >= 4 is 33.4 Å². The van der Waals surface area contributed by atoms with E-state index in [-0.39, 0.29) is 12.2 Å². The lowest BCUT2D eigenvalue weighted by molar-refractivity contribution is -0.385. The van der Waals surface area contributed by atoms with Gasteiger partial charge in [0.25, 0.3) is 5.69 Å². The second-order valence-electron chi connectivity index (χ2n) is 3.57. The third-order valence-electron chi connectivity index (χ3n) is 2.42. The molecule has 1 rings (SSSR count). The maximum absolute atomic E-state index is 10.7. The van der Waals surface area contributed by atoms with Crippen LogP contribution in [0.25, 0.3) is 0 Å². The molecule has 0 unspecified atom stereocenters. The highest BCUT2D eigenvalue weighted by Crippen LogP contribution is 2.32. The van der Waals surface area contributed by atoms with E-state index in [2.05, 4.69) is 20.9 Å². The highest BCUT2D eigenvalue weighted by molar-refractivity contribution is 9.10. The second kappa shape index (κ2) is 5.76. The van der Waals surface area contributed by atoms with Crippen molar-refractivity contribution in [2.45, 2.75) is 13.8 Å². The molecule has 0 bridgehead atoms. The SMILES string of the molecule is CCN(CC(=O)O)c1ncc([N+](=O)[O-])c(C)c1Br. The average molecular weight is 318 g/mol. The van der Waals surface area contributed by atoms with Crippen LogP contribution in [0.1, 0.15) is 12.5 Å². The number of aromatic nitrogens is 1. The molecule has 0 aliphatic carbocycles. The van der Waals surface area contributed by atoms with Gasteiger partial charge in [-0.05, 0) is 29.8 Å². The second-order valence-corrected chi connectivity index (χ2v) is 4.36. The summed E-state index contributed by atoms with van der Waals surface area (Å²) in [6.45, 7) is 3.60. The molecule has 98 valence electrons. The largest absolute Gasteiger partial charge is 0.480 e. The topological polar surface area (TPSA) is 96.6 Å².